The molecule has 0 fully saturated rings. The summed E-state index contributed by atoms with van der Waals surface area (Å²) in [6.45, 7) is 3.53. The molecule has 1 aromatic heterocycles. The molecule has 5 nitrogen and oxygen atoms in total. The Kier molecular flexibility index (Phi) is 3.28. The summed E-state index contributed by atoms with van der Waals surface area (Å²) >= 11 is 0. The van der Waals surface area contributed by atoms with Crippen molar-refractivity contribution < 1.29 is 4.79 Å². The van der Waals surface area contributed by atoms with Crippen LogP contribution in [0.15, 0.2) is 36.5 Å². The van der Waals surface area contributed by atoms with Gasteiger partial charge in [-0.1, -0.05) is 18.2 Å². The van der Waals surface area contributed by atoms with Gasteiger partial charge in [0.2, 0.25) is 0 Å². The third kappa shape index (κ3) is 2.20. The molecule has 2 heterocycles. The second-order valence-corrected chi connectivity index (χ2v) is 5.17. The minimum Gasteiger partial charge on any atom is -0.308 e. The monoisotopic (exact) mass is 270 g/mol. The van der Waals surface area contributed by atoms with Crippen molar-refractivity contribution in [3.63, 3.8) is 0 Å². The molecule has 0 aliphatic carbocycles. The second-order valence-electron chi connectivity index (χ2n) is 5.17. The van der Waals surface area contributed by atoms with E-state index in [1.54, 1.807) is 24.0 Å². The number of nitrogens with zero attached hydrogens (tertiary/aromatic N) is 3. The van der Waals surface area contributed by atoms with Gasteiger partial charge in [-0.2, -0.15) is 5.10 Å². The number of anilines is 1. The molecule has 5 heteroatoms. The first kappa shape index (κ1) is 12.9. The number of hydrogen-bond acceptors (Lipinski definition) is 3. The molecule has 2 aromatic rings. The number of amides is 1. The Hall–Kier alpha value is -2.14. The standard InChI is InChI=1S/C15H18N4O/c1-11-10-19(15(20)14-7-8-17-18(14)2)13-6-4-3-5-12(13)9-16-11/h3-8,11,16H,9-10H2,1-2H3. The number of carbonyl (C=O) groups excluding carboxylic acids is 1. The molecular weight excluding hydrogens is 252 g/mol. The summed E-state index contributed by atoms with van der Waals surface area (Å²) in [6, 6.07) is 10.0. The quantitative estimate of drug-likeness (QED) is 0.855. The van der Waals surface area contributed by atoms with Crippen LogP contribution in [0, 0.1) is 0 Å². The smallest absolute Gasteiger partial charge is 0.276 e. The van der Waals surface area contributed by atoms with Gasteiger partial charge in [0.15, 0.2) is 0 Å². The molecule has 104 valence electrons. The first-order valence-electron chi connectivity index (χ1n) is 6.78. The maximum absolute atomic E-state index is 12.8. The third-order valence-corrected chi connectivity index (χ3v) is 3.67. The molecule has 0 saturated carbocycles. The van der Waals surface area contributed by atoms with Crippen LogP contribution < -0.4 is 10.2 Å². The van der Waals surface area contributed by atoms with Crippen molar-refractivity contribution in [3.8, 4) is 0 Å². The Morgan fingerprint density at radius 2 is 2.15 bits per heavy atom. The van der Waals surface area contributed by atoms with Gasteiger partial charge >= 0.3 is 0 Å². The van der Waals surface area contributed by atoms with Gasteiger partial charge in [0.1, 0.15) is 5.69 Å². The maximum Gasteiger partial charge on any atom is 0.276 e. The van der Waals surface area contributed by atoms with E-state index in [9.17, 15) is 4.79 Å². The number of carbonyl (C=O) groups is 1. The minimum atomic E-state index is -0.00648. The van der Waals surface area contributed by atoms with E-state index in [-0.39, 0.29) is 11.9 Å². The highest BCUT2D eigenvalue weighted by Gasteiger charge is 2.26. The summed E-state index contributed by atoms with van der Waals surface area (Å²) in [5.41, 5.74) is 2.73. The molecule has 1 aliphatic heterocycles. The average Bonchev–Trinajstić information content (AvgIpc) is 2.80. The van der Waals surface area contributed by atoms with Gasteiger partial charge in [-0.05, 0) is 24.6 Å². The number of aryl methyl sites for hydroxylation is 1. The molecule has 0 saturated heterocycles. The van der Waals surface area contributed by atoms with Crippen LogP contribution in [0.2, 0.25) is 0 Å². The van der Waals surface area contributed by atoms with Crippen LogP contribution in [-0.2, 0) is 13.6 Å². The van der Waals surface area contributed by atoms with Crippen molar-refractivity contribution >= 4 is 11.6 Å². The fourth-order valence-electron chi connectivity index (χ4n) is 2.56. The Morgan fingerprint density at radius 1 is 1.35 bits per heavy atom. The molecule has 1 aliphatic rings. The number of hydrogen-bond donors (Lipinski definition) is 1. The largest absolute Gasteiger partial charge is 0.308 e. The predicted octanol–water partition coefficient (Wildman–Crippen LogP) is 1.56. The number of fused-ring (bicyclic) bond motifs is 1. The van der Waals surface area contributed by atoms with Gasteiger partial charge in [-0.15, -0.1) is 0 Å². The van der Waals surface area contributed by atoms with Crippen LogP contribution in [0.1, 0.15) is 23.0 Å². The van der Waals surface area contributed by atoms with Crippen LogP contribution in [0.5, 0.6) is 0 Å². The molecule has 1 N–H and O–H groups in total. The number of aromatic nitrogens is 2. The Balaban J connectivity index is 2.03. The van der Waals surface area contributed by atoms with Gasteiger partial charge < -0.3 is 10.2 Å². The summed E-state index contributed by atoms with van der Waals surface area (Å²) in [7, 11) is 1.79. The molecule has 0 radical (unpaired) electrons. The van der Waals surface area contributed by atoms with E-state index in [0.29, 0.717) is 12.2 Å². The van der Waals surface area contributed by atoms with Crippen LogP contribution in [0.3, 0.4) is 0 Å². The van der Waals surface area contributed by atoms with E-state index in [2.05, 4.69) is 23.4 Å². The van der Waals surface area contributed by atoms with E-state index in [1.807, 2.05) is 23.1 Å². The summed E-state index contributed by atoms with van der Waals surface area (Å²) in [6.07, 6.45) is 1.65. The zero-order valence-corrected chi connectivity index (χ0v) is 11.7. The van der Waals surface area contributed by atoms with Gasteiger partial charge in [-0.3, -0.25) is 9.48 Å². The molecule has 1 atom stereocenters. The Morgan fingerprint density at radius 3 is 2.90 bits per heavy atom. The highest BCUT2D eigenvalue weighted by atomic mass is 16.2. The lowest BCUT2D eigenvalue weighted by Crippen LogP contribution is -2.40. The van der Waals surface area contributed by atoms with Crippen molar-refractivity contribution in [2.75, 3.05) is 11.4 Å². The lowest BCUT2D eigenvalue weighted by Gasteiger charge is -2.24. The van der Waals surface area contributed by atoms with E-state index in [0.717, 1.165) is 17.8 Å². The third-order valence-electron chi connectivity index (χ3n) is 3.67. The zero-order chi connectivity index (χ0) is 14.1. The molecular formula is C15H18N4O. The first-order valence-corrected chi connectivity index (χ1v) is 6.78. The van der Waals surface area contributed by atoms with Crippen LogP contribution in [0.4, 0.5) is 5.69 Å². The summed E-state index contributed by atoms with van der Waals surface area (Å²) in [5.74, 6) is -0.00648. The van der Waals surface area contributed by atoms with Crippen LogP contribution in [-0.4, -0.2) is 28.3 Å². The predicted molar refractivity (Wildman–Crippen MR) is 77.6 cm³/mol. The Bertz CT molecular complexity index is 634. The summed E-state index contributed by atoms with van der Waals surface area (Å²) in [4.78, 5) is 14.6. The molecule has 0 spiro atoms. The lowest BCUT2D eigenvalue weighted by molar-refractivity contribution is 0.0976. The second kappa shape index (κ2) is 5.09. The number of para-hydroxylation sites is 1. The van der Waals surface area contributed by atoms with Gasteiger partial charge in [0.05, 0.1) is 0 Å². The van der Waals surface area contributed by atoms with Crippen molar-refractivity contribution in [2.24, 2.45) is 7.05 Å². The topological polar surface area (TPSA) is 50.2 Å². The molecule has 1 unspecified atom stereocenters. The highest BCUT2D eigenvalue weighted by molar-refractivity contribution is 6.05. The summed E-state index contributed by atoms with van der Waals surface area (Å²) in [5, 5.41) is 7.51. The van der Waals surface area contributed by atoms with Crippen molar-refractivity contribution in [2.45, 2.75) is 19.5 Å². The lowest BCUT2D eigenvalue weighted by atomic mass is 10.1. The van der Waals surface area contributed by atoms with Gasteiger partial charge in [0, 0.05) is 38.1 Å². The van der Waals surface area contributed by atoms with E-state index >= 15 is 0 Å². The zero-order valence-electron chi connectivity index (χ0n) is 11.7. The van der Waals surface area contributed by atoms with E-state index in [4.69, 9.17) is 0 Å². The average molecular weight is 270 g/mol. The molecule has 20 heavy (non-hydrogen) atoms. The Labute approximate surface area is 118 Å². The number of rotatable bonds is 1. The molecule has 3 rings (SSSR count). The van der Waals surface area contributed by atoms with E-state index in [1.165, 1.54) is 0 Å². The number of benzene rings is 1. The van der Waals surface area contributed by atoms with Crippen molar-refractivity contribution in [3.05, 3.63) is 47.8 Å². The fourth-order valence-corrected chi connectivity index (χ4v) is 2.56. The normalized spacial score (nSPS) is 18.5. The molecule has 0 bridgehead atoms. The summed E-state index contributed by atoms with van der Waals surface area (Å²) < 4.78 is 1.62. The SMILES string of the molecule is CC1CN(C(=O)c2ccnn2C)c2ccccc2CN1. The van der Waals surface area contributed by atoms with E-state index < -0.39 is 0 Å². The number of nitrogens with one attached hydrogen (secondary N) is 1. The first-order chi connectivity index (χ1) is 9.66. The van der Waals surface area contributed by atoms with Crippen molar-refractivity contribution in [1.29, 1.82) is 0 Å². The molecule has 1 amide bonds. The molecule has 1 aromatic carbocycles. The van der Waals surface area contributed by atoms with Crippen LogP contribution in [0.25, 0.3) is 0 Å². The van der Waals surface area contributed by atoms with Gasteiger partial charge in [0.25, 0.3) is 5.91 Å². The minimum absolute atomic E-state index is 0.00648. The maximum atomic E-state index is 12.8. The van der Waals surface area contributed by atoms with Crippen LogP contribution >= 0.6 is 0 Å². The highest BCUT2D eigenvalue weighted by Crippen LogP contribution is 2.24. The van der Waals surface area contributed by atoms with Gasteiger partial charge in [-0.25, -0.2) is 0 Å². The fraction of sp³-hybridized carbons (Fsp3) is 0.333. The van der Waals surface area contributed by atoms with Crippen molar-refractivity contribution in [1.82, 2.24) is 15.1 Å².